The number of nitrogens with one attached hydrogen (secondary N) is 1. The molecule has 21 heavy (non-hydrogen) atoms. The van der Waals surface area contributed by atoms with Gasteiger partial charge in [0.25, 0.3) is 0 Å². The van der Waals surface area contributed by atoms with Crippen molar-refractivity contribution in [2.24, 2.45) is 0 Å². The van der Waals surface area contributed by atoms with Gasteiger partial charge in [-0.2, -0.15) is 0 Å². The molecule has 2 atom stereocenters. The van der Waals surface area contributed by atoms with Gasteiger partial charge in [0.15, 0.2) is 0 Å². The second-order valence-electron chi connectivity index (χ2n) is 5.19. The summed E-state index contributed by atoms with van der Waals surface area (Å²) in [5.74, 6) is 0. The van der Waals surface area contributed by atoms with Gasteiger partial charge < -0.3 is 5.32 Å². The molecule has 1 nitrogen and oxygen atoms in total. The molecule has 0 amide bonds. The Bertz CT molecular complexity index is 568. The minimum absolute atomic E-state index is 0.317. The van der Waals surface area contributed by atoms with E-state index in [1.54, 1.807) is 0 Å². The molecule has 0 aliphatic carbocycles. The van der Waals surface area contributed by atoms with Crippen molar-refractivity contribution in [3.63, 3.8) is 0 Å². The van der Waals surface area contributed by atoms with Crippen LogP contribution < -0.4 is 5.32 Å². The number of benzene rings is 2. The highest BCUT2D eigenvalue weighted by Crippen LogP contribution is 2.26. The van der Waals surface area contributed by atoms with Crippen LogP contribution in [0.1, 0.15) is 49.9 Å². The van der Waals surface area contributed by atoms with E-state index in [1.807, 2.05) is 12.1 Å². The first-order valence-corrected chi connectivity index (χ1v) is 8.58. The fraction of sp³-hybridized carbons (Fsp3) is 0.333. The number of rotatable bonds is 6. The lowest BCUT2D eigenvalue weighted by Crippen LogP contribution is -2.25. The Morgan fingerprint density at radius 2 is 1.57 bits per heavy atom. The highest BCUT2D eigenvalue weighted by molar-refractivity contribution is 9.10. The van der Waals surface area contributed by atoms with Crippen LogP contribution in [0.2, 0.25) is 5.02 Å². The van der Waals surface area contributed by atoms with Crippen LogP contribution >= 0.6 is 27.5 Å². The Labute approximate surface area is 140 Å². The van der Waals surface area contributed by atoms with E-state index in [2.05, 4.69) is 71.5 Å². The molecule has 0 spiro atoms. The second kappa shape index (κ2) is 7.98. The fourth-order valence-electron chi connectivity index (χ4n) is 2.56. The van der Waals surface area contributed by atoms with Crippen LogP contribution in [0, 0.1) is 0 Å². The van der Waals surface area contributed by atoms with Gasteiger partial charge in [-0.3, -0.25) is 0 Å². The molecule has 0 radical (unpaired) electrons. The number of halogens is 2. The SMILES string of the molecule is CCC(NC(CC)c1cccc(Cl)c1)c1ccc(Br)cc1. The fourth-order valence-corrected chi connectivity index (χ4v) is 3.02. The quantitative estimate of drug-likeness (QED) is 0.633. The molecule has 0 heterocycles. The molecule has 2 aromatic rings. The monoisotopic (exact) mass is 365 g/mol. The summed E-state index contributed by atoms with van der Waals surface area (Å²) in [6.07, 6.45) is 2.09. The zero-order valence-electron chi connectivity index (χ0n) is 12.4. The third-order valence-corrected chi connectivity index (χ3v) is 4.51. The molecule has 0 saturated carbocycles. The normalized spacial score (nSPS) is 13.9. The van der Waals surface area contributed by atoms with Gasteiger partial charge in [0.05, 0.1) is 0 Å². The van der Waals surface area contributed by atoms with Gasteiger partial charge in [-0.05, 0) is 48.2 Å². The Kier molecular flexibility index (Phi) is 6.28. The van der Waals surface area contributed by atoms with E-state index in [-0.39, 0.29) is 0 Å². The third kappa shape index (κ3) is 4.57. The molecule has 0 saturated heterocycles. The van der Waals surface area contributed by atoms with Crippen LogP contribution in [0.3, 0.4) is 0 Å². The van der Waals surface area contributed by atoms with Crippen LogP contribution in [0.5, 0.6) is 0 Å². The first-order chi connectivity index (χ1) is 10.1. The van der Waals surface area contributed by atoms with Crippen molar-refractivity contribution >= 4 is 27.5 Å². The smallest absolute Gasteiger partial charge is 0.0409 e. The molecule has 1 N–H and O–H groups in total. The largest absolute Gasteiger partial charge is 0.303 e. The van der Waals surface area contributed by atoms with Crippen molar-refractivity contribution in [2.45, 2.75) is 38.8 Å². The summed E-state index contributed by atoms with van der Waals surface area (Å²) >= 11 is 9.61. The van der Waals surface area contributed by atoms with Crippen LogP contribution in [-0.4, -0.2) is 0 Å². The molecule has 0 aromatic heterocycles. The zero-order chi connectivity index (χ0) is 15.2. The lowest BCUT2D eigenvalue weighted by atomic mass is 9.99. The Hall–Kier alpha value is -0.830. The minimum atomic E-state index is 0.317. The van der Waals surface area contributed by atoms with Crippen molar-refractivity contribution in [2.75, 3.05) is 0 Å². The maximum absolute atomic E-state index is 6.12. The molecule has 112 valence electrons. The van der Waals surface area contributed by atoms with Crippen LogP contribution in [0.15, 0.2) is 53.0 Å². The van der Waals surface area contributed by atoms with Crippen molar-refractivity contribution < 1.29 is 0 Å². The van der Waals surface area contributed by atoms with Crippen molar-refractivity contribution in [1.82, 2.24) is 5.32 Å². The van der Waals surface area contributed by atoms with E-state index in [0.717, 1.165) is 22.3 Å². The molecule has 2 aromatic carbocycles. The van der Waals surface area contributed by atoms with E-state index >= 15 is 0 Å². The summed E-state index contributed by atoms with van der Waals surface area (Å²) in [6.45, 7) is 4.41. The summed E-state index contributed by atoms with van der Waals surface area (Å²) in [5, 5.41) is 4.55. The summed E-state index contributed by atoms with van der Waals surface area (Å²) in [4.78, 5) is 0. The predicted octanol–water partition coefficient (Wildman–Crippen LogP) is 6.29. The highest BCUT2D eigenvalue weighted by Gasteiger charge is 2.16. The first-order valence-electron chi connectivity index (χ1n) is 7.41. The van der Waals surface area contributed by atoms with E-state index in [4.69, 9.17) is 11.6 Å². The molecule has 2 unspecified atom stereocenters. The number of hydrogen-bond donors (Lipinski definition) is 1. The summed E-state index contributed by atoms with van der Waals surface area (Å²) in [6, 6.07) is 17.3. The van der Waals surface area contributed by atoms with E-state index in [9.17, 15) is 0 Å². The summed E-state index contributed by atoms with van der Waals surface area (Å²) in [5.41, 5.74) is 2.57. The van der Waals surface area contributed by atoms with Gasteiger partial charge in [0.2, 0.25) is 0 Å². The van der Waals surface area contributed by atoms with Crippen molar-refractivity contribution in [3.8, 4) is 0 Å². The molecule has 0 fully saturated rings. The highest BCUT2D eigenvalue weighted by atomic mass is 79.9. The Balaban J connectivity index is 2.17. The van der Waals surface area contributed by atoms with Gasteiger partial charge >= 0.3 is 0 Å². The lowest BCUT2D eigenvalue weighted by Gasteiger charge is -2.25. The third-order valence-electron chi connectivity index (χ3n) is 3.74. The van der Waals surface area contributed by atoms with Gasteiger partial charge in [-0.25, -0.2) is 0 Å². The molecule has 0 aliphatic heterocycles. The summed E-state index contributed by atoms with van der Waals surface area (Å²) < 4.78 is 1.11. The lowest BCUT2D eigenvalue weighted by molar-refractivity contribution is 0.426. The topological polar surface area (TPSA) is 12.0 Å². The molecule has 2 rings (SSSR count). The van der Waals surface area contributed by atoms with Gasteiger partial charge in [0, 0.05) is 21.6 Å². The standard InChI is InChI=1S/C18H21BrClN/c1-3-17(13-8-10-15(19)11-9-13)21-18(4-2)14-6-5-7-16(20)12-14/h5-12,17-18,21H,3-4H2,1-2H3. The molecular formula is C18H21BrClN. The van der Waals surface area contributed by atoms with Gasteiger partial charge in [-0.1, -0.05) is 65.6 Å². The van der Waals surface area contributed by atoms with E-state index in [1.165, 1.54) is 11.1 Å². The van der Waals surface area contributed by atoms with Crippen molar-refractivity contribution in [1.29, 1.82) is 0 Å². The predicted molar refractivity (Wildman–Crippen MR) is 94.8 cm³/mol. The van der Waals surface area contributed by atoms with Gasteiger partial charge in [0.1, 0.15) is 0 Å². The van der Waals surface area contributed by atoms with E-state index in [0.29, 0.717) is 12.1 Å². The van der Waals surface area contributed by atoms with Crippen LogP contribution in [0.25, 0.3) is 0 Å². The van der Waals surface area contributed by atoms with E-state index < -0.39 is 0 Å². The minimum Gasteiger partial charge on any atom is -0.303 e. The van der Waals surface area contributed by atoms with Crippen LogP contribution in [0.4, 0.5) is 0 Å². The molecule has 0 aliphatic rings. The Morgan fingerprint density at radius 3 is 2.14 bits per heavy atom. The maximum atomic E-state index is 6.12. The average molecular weight is 367 g/mol. The Morgan fingerprint density at radius 1 is 0.952 bits per heavy atom. The molecule has 0 bridgehead atoms. The summed E-state index contributed by atoms with van der Waals surface area (Å²) in [7, 11) is 0. The average Bonchev–Trinajstić information content (AvgIpc) is 2.50. The maximum Gasteiger partial charge on any atom is 0.0409 e. The number of hydrogen-bond acceptors (Lipinski definition) is 1. The first kappa shape index (κ1) is 16.5. The molecule has 3 heteroatoms. The van der Waals surface area contributed by atoms with Crippen LogP contribution in [-0.2, 0) is 0 Å². The van der Waals surface area contributed by atoms with Gasteiger partial charge in [-0.15, -0.1) is 0 Å². The molecular weight excluding hydrogens is 346 g/mol. The van der Waals surface area contributed by atoms with Crippen molar-refractivity contribution in [3.05, 3.63) is 69.2 Å². The zero-order valence-corrected chi connectivity index (χ0v) is 14.8. The second-order valence-corrected chi connectivity index (χ2v) is 6.55.